The molecule has 0 unspecified atom stereocenters. The van der Waals surface area contributed by atoms with Crippen molar-refractivity contribution < 1.29 is 0 Å². The molecular formula is C38H28N4. The second-order valence-electron chi connectivity index (χ2n) is 10.4. The van der Waals surface area contributed by atoms with Crippen molar-refractivity contribution in [2.75, 3.05) is 6.54 Å². The average molecular weight is 541 g/mol. The van der Waals surface area contributed by atoms with Crippen molar-refractivity contribution in [3.63, 3.8) is 0 Å². The van der Waals surface area contributed by atoms with Crippen LogP contribution < -0.4 is 0 Å². The molecular weight excluding hydrogens is 512 g/mol. The van der Waals surface area contributed by atoms with Crippen molar-refractivity contribution in [2.24, 2.45) is 4.99 Å². The number of pyridine rings is 3. The highest BCUT2D eigenvalue weighted by Crippen LogP contribution is 2.36. The van der Waals surface area contributed by atoms with Crippen LogP contribution in [0.3, 0.4) is 0 Å². The van der Waals surface area contributed by atoms with Gasteiger partial charge in [-0.1, -0.05) is 42.5 Å². The average Bonchev–Trinajstić information content (AvgIpc) is 3.09. The number of rotatable bonds is 6. The van der Waals surface area contributed by atoms with Crippen molar-refractivity contribution in [2.45, 2.75) is 6.42 Å². The summed E-state index contributed by atoms with van der Waals surface area (Å²) < 4.78 is 0. The molecule has 4 nitrogen and oxygen atoms in total. The second-order valence-corrected chi connectivity index (χ2v) is 10.4. The third-order valence-electron chi connectivity index (χ3n) is 7.57. The molecule has 1 aliphatic heterocycles. The Kier molecular flexibility index (Phi) is 7.01. The maximum absolute atomic E-state index is 4.55. The van der Waals surface area contributed by atoms with E-state index in [9.17, 15) is 0 Å². The van der Waals surface area contributed by atoms with Gasteiger partial charge >= 0.3 is 0 Å². The first-order valence-corrected chi connectivity index (χ1v) is 14.1. The van der Waals surface area contributed by atoms with Gasteiger partial charge in [0.15, 0.2) is 0 Å². The first-order chi connectivity index (χ1) is 20.8. The van der Waals surface area contributed by atoms with Crippen LogP contribution in [0.4, 0.5) is 0 Å². The van der Waals surface area contributed by atoms with Gasteiger partial charge in [-0.15, -0.1) is 0 Å². The highest BCUT2D eigenvalue weighted by atomic mass is 14.7. The van der Waals surface area contributed by atoms with Gasteiger partial charge in [0.2, 0.25) is 0 Å². The van der Waals surface area contributed by atoms with Gasteiger partial charge in [-0.2, -0.15) is 0 Å². The van der Waals surface area contributed by atoms with E-state index in [-0.39, 0.29) is 0 Å². The Balaban J connectivity index is 1.36. The van der Waals surface area contributed by atoms with Crippen LogP contribution in [0.1, 0.15) is 12.0 Å². The van der Waals surface area contributed by atoms with Crippen LogP contribution in [0.5, 0.6) is 0 Å². The second kappa shape index (κ2) is 11.6. The Labute approximate surface area is 245 Å². The molecule has 0 N–H and O–H groups in total. The maximum Gasteiger partial charge on any atom is 0.0424 e. The highest BCUT2D eigenvalue weighted by molar-refractivity contribution is 6.11. The van der Waals surface area contributed by atoms with Crippen LogP contribution in [0.15, 0.2) is 145 Å². The molecule has 4 heterocycles. The lowest BCUT2D eigenvalue weighted by atomic mass is 9.90. The van der Waals surface area contributed by atoms with Crippen LogP contribution in [-0.2, 0) is 0 Å². The zero-order chi connectivity index (χ0) is 28.1. The normalized spacial score (nSPS) is 12.6. The molecule has 200 valence electrons. The summed E-state index contributed by atoms with van der Waals surface area (Å²) in [7, 11) is 0. The van der Waals surface area contributed by atoms with Crippen LogP contribution in [0, 0.1) is 0 Å². The van der Waals surface area contributed by atoms with Gasteiger partial charge in [-0.25, -0.2) is 0 Å². The van der Waals surface area contributed by atoms with Gasteiger partial charge in [0, 0.05) is 66.6 Å². The Bertz CT molecular complexity index is 1850. The van der Waals surface area contributed by atoms with Crippen molar-refractivity contribution in [3.05, 3.63) is 146 Å². The van der Waals surface area contributed by atoms with Gasteiger partial charge in [-0.05, 0) is 117 Å². The summed E-state index contributed by atoms with van der Waals surface area (Å²) in [5.74, 6) is 0. The third kappa shape index (κ3) is 5.43. The Hall–Kier alpha value is -5.48. The minimum absolute atomic E-state index is 0.847. The number of aliphatic imine (C=N–C) groups is 1. The Morgan fingerprint density at radius 1 is 0.405 bits per heavy atom. The minimum atomic E-state index is 0.847. The zero-order valence-electron chi connectivity index (χ0n) is 23.1. The number of allylic oxidation sites excluding steroid dienone is 1. The fourth-order valence-electron chi connectivity index (χ4n) is 5.44. The largest absolute Gasteiger partial charge is 0.292 e. The number of aromatic nitrogens is 3. The molecule has 1 aliphatic rings. The molecule has 0 bridgehead atoms. The van der Waals surface area contributed by atoms with Crippen LogP contribution in [-0.4, -0.2) is 27.7 Å². The summed E-state index contributed by atoms with van der Waals surface area (Å²) in [6.45, 7) is 0.847. The number of hydrogen-bond acceptors (Lipinski definition) is 4. The van der Waals surface area contributed by atoms with Crippen LogP contribution in [0.25, 0.3) is 61.2 Å². The van der Waals surface area contributed by atoms with E-state index >= 15 is 0 Å². The van der Waals surface area contributed by atoms with E-state index in [0.717, 1.165) is 79.7 Å². The number of benzene rings is 3. The summed E-state index contributed by atoms with van der Waals surface area (Å²) in [5.41, 5.74) is 13.6. The van der Waals surface area contributed by atoms with Crippen molar-refractivity contribution in [1.29, 1.82) is 0 Å². The van der Waals surface area contributed by atoms with Crippen LogP contribution in [0.2, 0.25) is 0 Å². The molecule has 0 saturated heterocycles. The number of hydrogen-bond donors (Lipinski definition) is 0. The maximum atomic E-state index is 4.55. The fourth-order valence-corrected chi connectivity index (χ4v) is 5.44. The number of dihydropyridines is 1. The smallest absolute Gasteiger partial charge is 0.0424 e. The predicted octanol–water partition coefficient (Wildman–Crippen LogP) is 9.06. The van der Waals surface area contributed by atoms with E-state index in [1.54, 1.807) is 0 Å². The first-order valence-electron chi connectivity index (χ1n) is 14.1. The highest BCUT2D eigenvalue weighted by Gasteiger charge is 2.12. The molecule has 0 radical (unpaired) electrons. The predicted molar refractivity (Wildman–Crippen MR) is 173 cm³/mol. The van der Waals surface area contributed by atoms with Crippen molar-refractivity contribution in [3.8, 4) is 55.6 Å². The van der Waals surface area contributed by atoms with Gasteiger partial charge < -0.3 is 0 Å². The summed E-state index contributed by atoms with van der Waals surface area (Å²) in [6.07, 6.45) is 16.4. The van der Waals surface area contributed by atoms with Gasteiger partial charge in [-0.3, -0.25) is 19.9 Å². The van der Waals surface area contributed by atoms with E-state index in [0.29, 0.717) is 0 Å². The first kappa shape index (κ1) is 25.5. The SMILES string of the molecule is C1=NCCC=C1c1cc(-c2cccnc2)cc(-c2cccc(-c3cc(-c4cccnc4)cc(-c4cccnc4)c3)c2)c1. The summed E-state index contributed by atoms with van der Waals surface area (Å²) in [6, 6.07) is 34.5. The molecule has 6 aromatic rings. The molecule has 3 aromatic heterocycles. The quantitative estimate of drug-likeness (QED) is 0.212. The molecule has 0 amide bonds. The lowest BCUT2D eigenvalue weighted by Gasteiger charge is -2.14. The van der Waals surface area contributed by atoms with E-state index in [2.05, 4.69) is 105 Å². The molecule has 0 atom stereocenters. The van der Waals surface area contributed by atoms with E-state index in [1.165, 1.54) is 0 Å². The topological polar surface area (TPSA) is 51.0 Å². The monoisotopic (exact) mass is 540 g/mol. The summed E-state index contributed by atoms with van der Waals surface area (Å²) in [4.78, 5) is 17.7. The van der Waals surface area contributed by atoms with E-state index < -0.39 is 0 Å². The standard InChI is InChI=1S/C38H28N4/c1-6-27(33-17-35(29-8-2-12-39-23-29)21-36(18-33)30-9-3-13-40-24-30)16-28(7-1)34-19-37(31-10-4-14-41-25-31)22-38(20-34)32-11-5-15-42-26-32/h1-4,6-14,16-26H,5,15H2. The minimum Gasteiger partial charge on any atom is -0.292 e. The van der Waals surface area contributed by atoms with Gasteiger partial charge in [0.25, 0.3) is 0 Å². The summed E-state index contributed by atoms with van der Waals surface area (Å²) in [5, 5.41) is 0. The third-order valence-corrected chi connectivity index (χ3v) is 7.57. The Morgan fingerprint density at radius 3 is 1.21 bits per heavy atom. The number of nitrogens with zero attached hydrogens (tertiary/aromatic N) is 4. The molecule has 3 aromatic carbocycles. The molecule has 7 rings (SSSR count). The molecule has 4 heteroatoms. The van der Waals surface area contributed by atoms with Gasteiger partial charge in [0.05, 0.1) is 0 Å². The molecule has 0 fully saturated rings. The molecule has 0 spiro atoms. The molecule has 0 aliphatic carbocycles. The summed E-state index contributed by atoms with van der Waals surface area (Å²) >= 11 is 0. The van der Waals surface area contributed by atoms with Gasteiger partial charge in [0.1, 0.15) is 0 Å². The lowest BCUT2D eigenvalue weighted by Crippen LogP contribution is -1.96. The van der Waals surface area contributed by atoms with Crippen LogP contribution >= 0.6 is 0 Å². The molecule has 0 saturated carbocycles. The lowest BCUT2D eigenvalue weighted by molar-refractivity contribution is 1.01. The van der Waals surface area contributed by atoms with Crippen molar-refractivity contribution >= 4 is 11.8 Å². The Morgan fingerprint density at radius 2 is 0.810 bits per heavy atom. The fraction of sp³-hybridized carbons (Fsp3) is 0.0526. The molecule has 42 heavy (non-hydrogen) atoms. The van der Waals surface area contributed by atoms with Crippen molar-refractivity contribution in [1.82, 2.24) is 15.0 Å². The van der Waals surface area contributed by atoms with E-state index in [4.69, 9.17) is 0 Å². The zero-order valence-corrected chi connectivity index (χ0v) is 23.1. The van der Waals surface area contributed by atoms with E-state index in [1.807, 2.05) is 61.6 Å².